The van der Waals surface area contributed by atoms with E-state index in [0.717, 1.165) is 12.0 Å². The lowest BCUT2D eigenvalue weighted by atomic mass is 10.1. The first-order valence-corrected chi connectivity index (χ1v) is 6.79. The summed E-state index contributed by atoms with van der Waals surface area (Å²) in [6.45, 7) is 2.05. The summed E-state index contributed by atoms with van der Waals surface area (Å²) in [4.78, 5) is 0. The van der Waals surface area contributed by atoms with Gasteiger partial charge >= 0.3 is 0 Å². The fourth-order valence-electron chi connectivity index (χ4n) is 1.97. The van der Waals surface area contributed by atoms with Crippen molar-refractivity contribution in [3.8, 4) is 23.3 Å². The molecule has 4 nitrogen and oxygen atoms in total. The summed E-state index contributed by atoms with van der Waals surface area (Å²) in [5.41, 5.74) is 7.59. The third kappa shape index (κ3) is 3.53. The van der Waals surface area contributed by atoms with Crippen LogP contribution in [0, 0.1) is 11.3 Å². The number of methoxy groups -OCH3 is 1. The van der Waals surface area contributed by atoms with Crippen LogP contribution in [0.2, 0.25) is 0 Å². The molecule has 0 aliphatic heterocycles. The number of ether oxygens (including phenoxy) is 2. The molecule has 2 N–H and O–H groups in total. The Labute approximate surface area is 124 Å². The fourth-order valence-corrected chi connectivity index (χ4v) is 1.97. The number of nitrogens with two attached hydrogens (primary N) is 1. The molecular formula is C17H18N2O2. The highest BCUT2D eigenvalue weighted by atomic mass is 16.5. The van der Waals surface area contributed by atoms with Crippen molar-refractivity contribution in [3.05, 3.63) is 53.6 Å². The van der Waals surface area contributed by atoms with Gasteiger partial charge in [-0.1, -0.05) is 19.1 Å². The molecule has 2 rings (SSSR count). The monoisotopic (exact) mass is 282 g/mol. The van der Waals surface area contributed by atoms with Crippen molar-refractivity contribution < 1.29 is 9.47 Å². The summed E-state index contributed by atoms with van der Waals surface area (Å²) in [5, 5.41) is 8.89. The van der Waals surface area contributed by atoms with E-state index in [2.05, 4.69) is 13.0 Å². The normalized spacial score (nSPS) is 11.5. The molecule has 0 heterocycles. The van der Waals surface area contributed by atoms with Gasteiger partial charge in [-0.3, -0.25) is 0 Å². The molecule has 0 saturated heterocycles. The van der Waals surface area contributed by atoms with Crippen molar-refractivity contribution in [1.82, 2.24) is 0 Å². The molecule has 1 atom stereocenters. The summed E-state index contributed by atoms with van der Waals surface area (Å²) < 4.78 is 11.0. The minimum atomic E-state index is 0.0449. The molecule has 108 valence electrons. The molecule has 0 spiro atoms. The predicted molar refractivity (Wildman–Crippen MR) is 81.4 cm³/mol. The van der Waals surface area contributed by atoms with E-state index < -0.39 is 0 Å². The van der Waals surface area contributed by atoms with Crippen LogP contribution < -0.4 is 15.2 Å². The molecular weight excluding hydrogens is 264 g/mol. The molecule has 0 bridgehead atoms. The molecule has 21 heavy (non-hydrogen) atoms. The Morgan fingerprint density at radius 1 is 1.14 bits per heavy atom. The van der Waals surface area contributed by atoms with Crippen molar-refractivity contribution in [1.29, 1.82) is 5.26 Å². The Morgan fingerprint density at radius 3 is 2.43 bits per heavy atom. The van der Waals surface area contributed by atoms with Crippen LogP contribution in [-0.4, -0.2) is 7.11 Å². The minimum absolute atomic E-state index is 0.0449. The second kappa shape index (κ2) is 6.78. The van der Waals surface area contributed by atoms with E-state index in [1.54, 1.807) is 25.3 Å². The molecule has 0 unspecified atom stereocenters. The molecule has 0 aliphatic carbocycles. The standard InChI is InChI=1S/C17H18N2O2/c1-3-15(19)13-5-7-14(8-6-13)21-16-9-4-12(11-18)10-17(16)20-2/h4-10,15H,3,19H2,1-2H3/t15-/m1/s1. The molecule has 0 aromatic heterocycles. The quantitative estimate of drug-likeness (QED) is 0.906. The van der Waals surface area contributed by atoms with Gasteiger partial charge in [0.05, 0.1) is 18.7 Å². The van der Waals surface area contributed by atoms with Gasteiger partial charge in [-0.25, -0.2) is 0 Å². The van der Waals surface area contributed by atoms with Crippen molar-refractivity contribution in [3.63, 3.8) is 0 Å². The third-order valence-corrected chi connectivity index (χ3v) is 3.27. The molecule has 2 aromatic rings. The highest BCUT2D eigenvalue weighted by Gasteiger charge is 2.08. The fraction of sp³-hybridized carbons (Fsp3) is 0.235. The van der Waals surface area contributed by atoms with Gasteiger partial charge in [0, 0.05) is 12.1 Å². The largest absolute Gasteiger partial charge is 0.493 e. The molecule has 2 aromatic carbocycles. The lowest BCUT2D eigenvalue weighted by Crippen LogP contribution is -2.08. The first-order valence-electron chi connectivity index (χ1n) is 6.79. The predicted octanol–water partition coefficient (Wildman–Crippen LogP) is 3.77. The summed E-state index contributed by atoms with van der Waals surface area (Å²) in [5.74, 6) is 1.80. The van der Waals surface area contributed by atoms with Crippen LogP contribution in [0.4, 0.5) is 0 Å². The van der Waals surface area contributed by atoms with Crippen LogP contribution in [0.15, 0.2) is 42.5 Å². The second-order valence-corrected chi connectivity index (χ2v) is 4.66. The van der Waals surface area contributed by atoms with Crippen LogP contribution in [0.3, 0.4) is 0 Å². The highest BCUT2D eigenvalue weighted by Crippen LogP contribution is 2.32. The zero-order valence-corrected chi connectivity index (χ0v) is 12.2. The van der Waals surface area contributed by atoms with Gasteiger partial charge in [0.15, 0.2) is 11.5 Å². The molecule has 0 amide bonds. The van der Waals surface area contributed by atoms with Crippen molar-refractivity contribution in [2.75, 3.05) is 7.11 Å². The van der Waals surface area contributed by atoms with Crippen molar-refractivity contribution in [2.45, 2.75) is 19.4 Å². The first-order chi connectivity index (χ1) is 10.2. The minimum Gasteiger partial charge on any atom is -0.493 e. The van der Waals surface area contributed by atoms with Crippen LogP contribution >= 0.6 is 0 Å². The van der Waals surface area contributed by atoms with Gasteiger partial charge in [0.25, 0.3) is 0 Å². The summed E-state index contributed by atoms with van der Waals surface area (Å²) >= 11 is 0. The van der Waals surface area contributed by atoms with E-state index >= 15 is 0 Å². The number of rotatable bonds is 5. The Bertz CT molecular complexity index is 645. The lowest BCUT2D eigenvalue weighted by Gasteiger charge is -2.12. The Morgan fingerprint density at radius 2 is 1.86 bits per heavy atom. The average molecular weight is 282 g/mol. The molecule has 4 heteroatoms. The third-order valence-electron chi connectivity index (χ3n) is 3.27. The number of nitriles is 1. The summed E-state index contributed by atoms with van der Waals surface area (Å²) in [7, 11) is 1.55. The van der Waals surface area contributed by atoms with E-state index in [4.69, 9.17) is 20.5 Å². The van der Waals surface area contributed by atoms with Crippen LogP contribution in [-0.2, 0) is 0 Å². The number of nitrogens with zero attached hydrogens (tertiary/aromatic N) is 1. The smallest absolute Gasteiger partial charge is 0.169 e. The maximum Gasteiger partial charge on any atom is 0.169 e. The Balaban J connectivity index is 2.20. The van der Waals surface area contributed by atoms with E-state index in [-0.39, 0.29) is 6.04 Å². The van der Waals surface area contributed by atoms with E-state index in [1.165, 1.54) is 0 Å². The Hall–Kier alpha value is -2.51. The van der Waals surface area contributed by atoms with Gasteiger partial charge in [0.2, 0.25) is 0 Å². The average Bonchev–Trinajstić information content (AvgIpc) is 2.55. The van der Waals surface area contributed by atoms with Gasteiger partial charge in [-0.2, -0.15) is 5.26 Å². The zero-order chi connectivity index (χ0) is 15.2. The zero-order valence-electron chi connectivity index (χ0n) is 12.2. The highest BCUT2D eigenvalue weighted by molar-refractivity contribution is 5.48. The first kappa shape index (κ1) is 14.9. The van der Waals surface area contributed by atoms with Crippen LogP contribution in [0.5, 0.6) is 17.2 Å². The molecule has 0 aliphatic rings. The van der Waals surface area contributed by atoms with Crippen LogP contribution in [0.25, 0.3) is 0 Å². The number of hydrogen-bond donors (Lipinski definition) is 1. The van der Waals surface area contributed by atoms with E-state index in [9.17, 15) is 0 Å². The van der Waals surface area contributed by atoms with Crippen molar-refractivity contribution >= 4 is 0 Å². The Kier molecular flexibility index (Phi) is 4.81. The topological polar surface area (TPSA) is 68.3 Å². The summed E-state index contributed by atoms with van der Waals surface area (Å²) in [6, 6.07) is 14.9. The maximum atomic E-state index is 8.89. The number of benzene rings is 2. The lowest BCUT2D eigenvalue weighted by molar-refractivity contribution is 0.378. The summed E-state index contributed by atoms with van der Waals surface area (Å²) in [6.07, 6.45) is 0.893. The van der Waals surface area contributed by atoms with Gasteiger partial charge < -0.3 is 15.2 Å². The second-order valence-electron chi connectivity index (χ2n) is 4.66. The van der Waals surface area contributed by atoms with Crippen molar-refractivity contribution in [2.24, 2.45) is 5.73 Å². The van der Waals surface area contributed by atoms with Gasteiger partial charge in [-0.15, -0.1) is 0 Å². The number of hydrogen-bond acceptors (Lipinski definition) is 4. The van der Waals surface area contributed by atoms with E-state index in [1.807, 2.05) is 24.3 Å². The molecule has 0 fully saturated rings. The van der Waals surface area contributed by atoms with E-state index in [0.29, 0.717) is 22.8 Å². The molecule has 0 saturated carbocycles. The SMILES string of the molecule is CC[C@@H](N)c1ccc(Oc2ccc(C#N)cc2OC)cc1. The van der Waals surface area contributed by atoms with Crippen LogP contribution in [0.1, 0.15) is 30.5 Å². The molecule has 0 radical (unpaired) electrons. The van der Waals surface area contributed by atoms with Gasteiger partial charge in [0.1, 0.15) is 5.75 Å². The maximum absolute atomic E-state index is 8.89. The van der Waals surface area contributed by atoms with Gasteiger partial charge in [-0.05, 0) is 36.2 Å².